The lowest BCUT2D eigenvalue weighted by atomic mass is 10.1. The minimum absolute atomic E-state index is 0.296. The first-order valence-corrected chi connectivity index (χ1v) is 7.63. The molecule has 3 nitrogen and oxygen atoms in total. The molecule has 0 N–H and O–H groups in total. The van der Waals surface area contributed by atoms with Crippen molar-refractivity contribution >= 4 is 27.7 Å². The second-order valence-electron chi connectivity index (χ2n) is 4.93. The van der Waals surface area contributed by atoms with E-state index in [0.29, 0.717) is 11.6 Å². The third kappa shape index (κ3) is 2.06. The SMILES string of the molecule is CCC(C)n1cc(C=O)c(-c2cccc3ccsc23)n1. The summed E-state index contributed by atoms with van der Waals surface area (Å²) in [6.45, 7) is 4.23. The Morgan fingerprint density at radius 3 is 3.00 bits per heavy atom. The van der Waals surface area contributed by atoms with Crippen LogP contribution >= 0.6 is 11.3 Å². The van der Waals surface area contributed by atoms with Crippen molar-refractivity contribution in [2.75, 3.05) is 0 Å². The fourth-order valence-electron chi connectivity index (χ4n) is 2.29. The Bertz CT molecular complexity index is 757. The van der Waals surface area contributed by atoms with Gasteiger partial charge in [-0.25, -0.2) is 0 Å². The van der Waals surface area contributed by atoms with Crippen LogP contribution < -0.4 is 0 Å². The molecule has 0 saturated heterocycles. The molecule has 2 aromatic heterocycles. The second kappa shape index (κ2) is 5.21. The Labute approximate surface area is 121 Å². The molecule has 0 bridgehead atoms. The normalized spacial score (nSPS) is 12.7. The highest BCUT2D eigenvalue weighted by atomic mass is 32.1. The Hall–Kier alpha value is -1.94. The molecule has 4 heteroatoms. The fourth-order valence-corrected chi connectivity index (χ4v) is 3.21. The summed E-state index contributed by atoms with van der Waals surface area (Å²) in [5, 5.41) is 7.91. The van der Waals surface area contributed by atoms with Crippen molar-refractivity contribution in [3.05, 3.63) is 41.4 Å². The summed E-state index contributed by atoms with van der Waals surface area (Å²) in [4.78, 5) is 11.3. The largest absolute Gasteiger partial charge is 0.298 e. The summed E-state index contributed by atoms with van der Waals surface area (Å²) in [5.41, 5.74) is 2.49. The van der Waals surface area contributed by atoms with Crippen molar-refractivity contribution in [2.45, 2.75) is 26.3 Å². The van der Waals surface area contributed by atoms with E-state index in [1.807, 2.05) is 23.0 Å². The van der Waals surface area contributed by atoms with E-state index >= 15 is 0 Å². The monoisotopic (exact) mass is 284 g/mol. The van der Waals surface area contributed by atoms with E-state index in [1.165, 1.54) is 10.1 Å². The number of aromatic nitrogens is 2. The number of nitrogens with zero attached hydrogens (tertiary/aromatic N) is 2. The lowest BCUT2D eigenvalue weighted by molar-refractivity contribution is 0.112. The van der Waals surface area contributed by atoms with E-state index < -0.39 is 0 Å². The molecule has 102 valence electrons. The van der Waals surface area contributed by atoms with Crippen LogP contribution in [0.3, 0.4) is 0 Å². The van der Waals surface area contributed by atoms with Crippen LogP contribution in [0.15, 0.2) is 35.8 Å². The molecule has 0 aliphatic carbocycles. The standard InChI is InChI=1S/C16H16N2OS/c1-3-11(2)18-9-13(10-19)15(17-18)14-6-4-5-12-7-8-20-16(12)14/h4-11H,3H2,1-2H3. The van der Waals surface area contributed by atoms with Crippen LogP contribution in [0.4, 0.5) is 0 Å². The Morgan fingerprint density at radius 1 is 1.40 bits per heavy atom. The minimum atomic E-state index is 0.296. The molecule has 0 aliphatic rings. The summed E-state index contributed by atoms with van der Waals surface area (Å²) in [5.74, 6) is 0. The van der Waals surface area contributed by atoms with Crippen LogP contribution in [0.5, 0.6) is 0 Å². The highest BCUT2D eigenvalue weighted by molar-refractivity contribution is 7.17. The molecule has 2 heterocycles. The predicted octanol–water partition coefficient (Wildman–Crippen LogP) is 4.55. The maximum Gasteiger partial charge on any atom is 0.153 e. The molecule has 1 unspecified atom stereocenters. The number of fused-ring (bicyclic) bond motifs is 1. The summed E-state index contributed by atoms with van der Waals surface area (Å²) >= 11 is 1.69. The molecule has 0 radical (unpaired) electrons. The van der Waals surface area contributed by atoms with Crippen molar-refractivity contribution in [3.63, 3.8) is 0 Å². The van der Waals surface area contributed by atoms with Crippen molar-refractivity contribution in [1.82, 2.24) is 9.78 Å². The van der Waals surface area contributed by atoms with E-state index in [2.05, 4.69) is 36.5 Å². The fraction of sp³-hybridized carbons (Fsp3) is 0.250. The van der Waals surface area contributed by atoms with Gasteiger partial charge in [0.25, 0.3) is 0 Å². The summed E-state index contributed by atoms with van der Waals surface area (Å²) in [6, 6.07) is 8.53. The Kier molecular flexibility index (Phi) is 3.40. The van der Waals surface area contributed by atoms with Gasteiger partial charge in [0.1, 0.15) is 5.69 Å². The molecule has 1 aromatic carbocycles. The number of hydrogen-bond acceptors (Lipinski definition) is 3. The van der Waals surface area contributed by atoms with Crippen LogP contribution in [0.1, 0.15) is 36.7 Å². The van der Waals surface area contributed by atoms with Crippen LogP contribution in [0.25, 0.3) is 21.3 Å². The molecule has 0 aliphatic heterocycles. The smallest absolute Gasteiger partial charge is 0.153 e. The van der Waals surface area contributed by atoms with Gasteiger partial charge >= 0.3 is 0 Å². The van der Waals surface area contributed by atoms with Gasteiger partial charge in [0.05, 0.1) is 5.56 Å². The van der Waals surface area contributed by atoms with Gasteiger partial charge in [-0.3, -0.25) is 9.48 Å². The highest BCUT2D eigenvalue weighted by Crippen LogP contribution is 2.33. The first kappa shape index (κ1) is 13.1. The average Bonchev–Trinajstić information content (AvgIpc) is 3.12. The zero-order chi connectivity index (χ0) is 14.1. The first-order valence-electron chi connectivity index (χ1n) is 6.75. The number of rotatable bonds is 4. The van der Waals surface area contributed by atoms with Crippen LogP contribution in [0, 0.1) is 0 Å². The quantitative estimate of drug-likeness (QED) is 0.659. The van der Waals surface area contributed by atoms with Crippen LogP contribution in [0.2, 0.25) is 0 Å². The molecule has 1 atom stereocenters. The van der Waals surface area contributed by atoms with E-state index in [4.69, 9.17) is 0 Å². The van der Waals surface area contributed by atoms with Gasteiger partial charge in [-0.05, 0) is 30.2 Å². The lowest BCUT2D eigenvalue weighted by Gasteiger charge is -2.08. The van der Waals surface area contributed by atoms with Gasteiger partial charge < -0.3 is 0 Å². The van der Waals surface area contributed by atoms with Crippen molar-refractivity contribution in [2.24, 2.45) is 0 Å². The zero-order valence-electron chi connectivity index (χ0n) is 11.5. The van der Waals surface area contributed by atoms with Gasteiger partial charge in [-0.1, -0.05) is 25.1 Å². The molecule has 3 rings (SSSR count). The summed E-state index contributed by atoms with van der Waals surface area (Å²) in [7, 11) is 0. The van der Waals surface area contributed by atoms with Crippen molar-refractivity contribution < 1.29 is 4.79 Å². The number of benzene rings is 1. The van der Waals surface area contributed by atoms with Crippen molar-refractivity contribution in [1.29, 1.82) is 0 Å². The lowest BCUT2D eigenvalue weighted by Crippen LogP contribution is -2.04. The van der Waals surface area contributed by atoms with Gasteiger partial charge in [0.2, 0.25) is 0 Å². The van der Waals surface area contributed by atoms with Crippen LogP contribution in [-0.4, -0.2) is 16.1 Å². The van der Waals surface area contributed by atoms with Gasteiger partial charge in [0, 0.05) is 22.5 Å². The summed E-state index contributed by atoms with van der Waals surface area (Å²) < 4.78 is 3.08. The molecule has 0 spiro atoms. The predicted molar refractivity (Wildman–Crippen MR) is 83.4 cm³/mol. The maximum atomic E-state index is 11.3. The molecule has 20 heavy (non-hydrogen) atoms. The Balaban J connectivity index is 2.20. The molecule has 3 aromatic rings. The molecular formula is C16H16N2OS. The number of aldehydes is 1. The average molecular weight is 284 g/mol. The van der Waals surface area contributed by atoms with E-state index in [-0.39, 0.29) is 0 Å². The van der Waals surface area contributed by atoms with Gasteiger partial charge in [0.15, 0.2) is 6.29 Å². The molecule has 0 amide bonds. The topological polar surface area (TPSA) is 34.9 Å². The second-order valence-corrected chi connectivity index (χ2v) is 5.85. The maximum absolute atomic E-state index is 11.3. The first-order chi connectivity index (χ1) is 9.74. The zero-order valence-corrected chi connectivity index (χ0v) is 12.4. The van der Waals surface area contributed by atoms with E-state index in [0.717, 1.165) is 24.0 Å². The number of carbonyl (C=O) groups excluding carboxylic acids is 1. The third-order valence-corrected chi connectivity index (χ3v) is 4.63. The van der Waals surface area contributed by atoms with E-state index in [1.54, 1.807) is 11.3 Å². The third-order valence-electron chi connectivity index (χ3n) is 3.66. The number of hydrogen-bond donors (Lipinski definition) is 0. The van der Waals surface area contributed by atoms with Crippen molar-refractivity contribution in [3.8, 4) is 11.3 Å². The highest BCUT2D eigenvalue weighted by Gasteiger charge is 2.15. The minimum Gasteiger partial charge on any atom is -0.298 e. The Morgan fingerprint density at radius 2 is 2.25 bits per heavy atom. The molecule has 0 fully saturated rings. The molecular weight excluding hydrogens is 268 g/mol. The van der Waals surface area contributed by atoms with Gasteiger partial charge in [-0.15, -0.1) is 11.3 Å². The van der Waals surface area contributed by atoms with Gasteiger partial charge in [-0.2, -0.15) is 5.10 Å². The van der Waals surface area contributed by atoms with Crippen LogP contribution in [-0.2, 0) is 0 Å². The summed E-state index contributed by atoms with van der Waals surface area (Å²) in [6.07, 6.45) is 3.74. The molecule has 0 saturated carbocycles. The number of carbonyl (C=O) groups is 1. The van der Waals surface area contributed by atoms with E-state index in [9.17, 15) is 4.79 Å². The number of thiophene rings is 1.